The molecule has 0 unspecified atom stereocenters. The molecule has 2 rings (SSSR count). The molecule has 0 aliphatic carbocycles. The molecule has 0 saturated heterocycles. The van der Waals surface area contributed by atoms with Gasteiger partial charge in [-0.25, -0.2) is 0 Å². The third-order valence-corrected chi connectivity index (χ3v) is 3.16. The molecule has 1 aromatic carbocycles. The zero-order valence-electron chi connectivity index (χ0n) is 6.79. The normalized spacial score (nSPS) is 21.2. The van der Waals surface area contributed by atoms with Gasteiger partial charge in [-0.3, -0.25) is 0 Å². The molecule has 1 atom stereocenters. The number of rotatable bonds is 1. The summed E-state index contributed by atoms with van der Waals surface area (Å²) in [6.07, 6.45) is 2.77. The van der Waals surface area contributed by atoms with E-state index in [9.17, 15) is 0 Å². The Kier molecular flexibility index (Phi) is 2.54. The van der Waals surface area contributed by atoms with Crippen molar-refractivity contribution in [2.75, 3.05) is 4.43 Å². The van der Waals surface area contributed by atoms with Crippen LogP contribution >= 0.6 is 22.6 Å². The van der Waals surface area contributed by atoms with E-state index >= 15 is 0 Å². The lowest BCUT2D eigenvalue weighted by molar-refractivity contribution is 0.199. The molecule has 0 saturated carbocycles. The van der Waals surface area contributed by atoms with Gasteiger partial charge in [0.05, 0.1) is 0 Å². The maximum Gasteiger partial charge on any atom is 0.122 e. The molecule has 2 heteroatoms. The Morgan fingerprint density at radius 3 is 3.08 bits per heavy atom. The first-order valence-electron chi connectivity index (χ1n) is 4.20. The van der Waals surface area contributed by atoms with Crippen LogP contribution in [0.5, 0.6) is 5.75 Å². The topological polar surface area (TPSA) is 9.23 Å². The Bertz CT molecular complexity index is 272. The monoisotopic (exact) mass is 274 g/mol. The highest BCUT2D eigenvalue weighted by atomic mass is 127. The van der Waals surface area contributed by atoms with Crippen LogP contribution in [0.4, 0.5) is 0 Å². The van der Waals surface area contributed by atoms with Gasteiger partial charge in [0.25, 0.3) is 0 Å². The van der Waals surface area contributed by atoms with E-state index in [-0.39, 0.29) is 0 Å². The van der Waals surface area contributed by atoms with E-state index in [0.717, 1.165) is 10.2 Å². The molecule has 0 aromatic heterocycles. The molecular formula is C10H11IO. The van der Waals surface area contributed by atoms with Crippen LogP contribution in [0.3, 0.4) is 0 Å². The first-order chi connectivity index (χ1) is 5.90. The van der Waals surface area contributed by atoms with E-state index in [1.165, 1.54) is 18.4 Å². The minimum atomic E-state index is 0.431. The summed E-state index contributed by atoms with van der Waals surface area (Å²) in [5.41, 5.74) is 1.36. The predicted molar refractivity (Wildman–Crippen MR) is 58.1 cm³/mol. The van der Waals surface area contributed by atoms with E-state index in [2.05, 4.69) is 40.8 Å². The number of hydrogen-bond donors (Lipinski definition) is 0. The van der Waals surface area contributed by atoms with Gasteiger partial charge in [-0.2, -0.15) is 0 Å². The Morgan fingerprint density at radius 2 is 2.25 bits per heavy atom. The average Bonchev–Trinajstić information content (AvgIpc) is 2.17. The van der Waals surface area contributed by atoms with Crippen LogP contribution < -0.4 is 4.74 Å². The average molecular weight is 274 g/mol. The van der Waals surface area contributed by atoms with Crippen LogP contribution in [0.2, 0.25) is 0 Å². The van der Waals surface area contributed by atoms with Gasteiger partial charge in [0.1, 0.15) is 11.9 Å². The highest BCUT2D eigenvalue weighted by Gasteiger charge is 2.17. The molecule has 1 aliphatic rings. The minimum Gasteiger partial charge on any atom is -0.489 e. The first-order valence-corrected chi connectivity index (χ1v) is 5.73. The molecule has 0 spiro atoms. The maximum atomic E-state index is 5.77. The molecule has 64 valence electrons. The minimum absolute atomic E-state index is 0.431. The highest BCUT2D eigenvalue weighted by molar-refractivity contribution is 14.1. The summed E-state index contributed by atoms with van der Waals surface area (Å²) in [5.74, 6) is 1.09. The standard InChI is InChI=1S/C10H11IO/c11-7-9-6-5-8-3-1-2-4-10(8)12-9/h1-4,9H,5-7H2/t9-/m1/s1. The number of hydrogen-bond acceptors (Lipinski definition) is 1. The predicted octanol–water partition coefficient (Wildman–Crippen LogP) is 2.82. The van der Waals surface area contributed by atoms with Gasteiger partial charge in [0.15, 0.2) is 0 Å². The number of aryl methyl sites for hydroxylation is 1. The van der Waals surface area contributed by atoms with Gasteiger partial charge >= 0.3 is 0 Å². The second-order valence-corrected chi connectivity index (χ2v) is 3.92. The SMILES string of the molecule is IC[C@H]1CCc2ccccc2O1. The van der Waals surface area contributed by atoms with Crippen molar-refractivity contribution in [1.82, 2.24) is 0 Å². The number of para-hydroxylation sites is 1. The second-order valence-electron chi connectivity index (χ2n) is 3.04. The van der Waals surface area contributed by atoms with Crippen molar-refractivity contribution >= 4 is 22.6 Å². The van der Waals surface area contributed by atoms with E-state index in [0.29, 0.717) is 6.10 Å². The fourth-order valence-electron chi connectivity index (χ4n) is 1.49. The summed E-state index contributed by atoms with van der Waals surface area (Å²) in [6, 6.07) is 8.33. The zero-order chi connectivity index (χ0) is 8.39. The highest BCUT2D eigenvalue weighted by Crippen LogP contribution is 2.27. The van der Waals surface area contributed by atoms with Crippen LogP contribution in [-0.4, -0.2) is 10.5 Å². The number of fused-ring (bicyclic) bond motifs is 1. The van der Waals surface area contributed by atoms with E-state index in [1.54, 1.807) is 0 Å². The number of halogens is 1. The van der Waals surface area contributed by atoms with Crippen LogP contribution in [0.1, 0.15) is 12.0 Å². The molecule has 0 bridgehead atoms. The molecule has 1 aromatic rings. The summed E-state index contributed by atoms with van der Waals surface area (Å²) >= 11 is 2.38. The summed E-state index contributed by atoms with van der Waals surface area (Å²) in [5, 5.41) is 0. The Balaban J connectivity index is 2.23. The van der Waals surface area contributed by atoms with Crippen molar-refractivity contribution in [3.63, 3.8) is 0 Å². The van der Waals surface area contributed by atoms with Crippen LogP contribution in [0.15, 0.2) is 24.3 Å². The van der Waals surface area contributed by atoms with Crippen LogP contribution in [-0.2, 0) is 6.42 Å². The Labute approximate surface area is 86.3 Å². The van der Waals surface area contributed by atoms with E-state index < -0.39 is 0 Å². The number of alkyl halides is 1. The lowest BCUT2D eigenvalue weighted by Crippen LogP contribution is -2.23. The number of ether oxygens (including phenoxy) is 1. The summed E-state index contributed by atoms with van der Waals surface area (Å²) in [6.45, 7) is 0. The lowest BCUT2D eigenvalue weighted by Gasteiger charge is -2.24. The van der Waals surface area contributed by atoms with Gasteiger partial charge in [0, 0.05) is 4.43 Å². The lowest BCUT2D eigenvalue weighted by atomic mass is 10.0. The fraction of sp³-hybridized carbons (Fsp3) is 0.400. The van der Waals surface area contributed by atoms with Gasteiger partial charge in [-0.15, -0.1) is 0 Å². The molecular weight excluding hydrogens is 263 g/mol. The Hall–Kier alpha value is -0.250. The summed E-state index contributed by atoms with van der Waals surface area (Å²) in [7, 11) is 0. The van der Waals surface area contributed by atoms with Gasteiger partial charge in [0.2, 0.25) is 0 Å². The molecule has 12 heavy (non-hydrogen) atoms. The third-order valence-electron chi connectivity index (χ3n) is 2.17. The largest absolute Gasteiger partial charge is 0.489 e. The Morgan fingerprint density at radius 1 is 1.42 bits per heavy atom. The molecule has 0 amide bonds. The van der Waals surface area contributed by atoms with E-state index in [1.807, 2.05) is 6.07 Å². The van der Waals surface area contributed by atoms with Crippen molar-refractivity contribution in [2.45, 2.75) is 18.9 Å². The molecule has 1 aliphatic heterocycles. The summed E-state index contributed by atoms with van der Waals surface area (Å²) in [4.78, 5) is 0. The fourth-order valence-corrected chi connectivity index (χ4v) is 2.11. The smallest absolute Gasteiger partial charge is 0.122 e. The van der Waals surface area contributed by atoms with Crippen molar-refractivity contribution in [1.29, 1.82) is 0 Å². The summed E-state index contributed by atoms with van der Waals surface area (Å²) < 4.78 is 6.86. The quantitative estimate of drug-likeness (QED) is 0.565. The molecule has 1 nitrogen and oxygen atoms in total. The van der Waals surface area contributed by atoms with Gasteiger partial charge in [-0.05, 0) is 24.5 Å². The molecule has 0 N–H and O–H groups in total. The second kappa shape index (κ2) is 3.64. The van der Waals surface area contributed by atoms with Crippen molar-refractivity contribution in [2.24, 2.45) is 0 Å². The molecule has 1 heterocycles. The third kappa shape index (κ3) is 1.58. The number of benzene rings is 1. The van der Waals surface area contributed by atoms with E-state index in [4.69, 9.17) is 4.74 Å². The van der Waals surface area contributed by atoms with Crippen molar-refractivity contribution < 1.29 is 4.74 Å². The maximum absolute atomic E-state index is 5.77. The van der Waals surface area contributed by atoms with Gasteiger partial charge in [-0.1, -0.05) is 40.8 Å². The van der Waals surface area contributed by atoms with Crippen molar-refractivity contribution in [3.8, 4) is 5.75 Å². The molecule has 0 fully saturated rings. The van der Waals surface area contributed by atoms with Crippen LogP contribution in [0.25, 0.3) is 0 Å². The van der Waals surface area contributed by atoms with Crippen molar-refractivity contribution in [3.05, 3.63) is 29.8 Å². The molecule has 0 radical (unpaired) electrons. The first kappa shape index (κ1) is 8.35. The van der Waals surface area contributed by atoms with Crippen LogP contribution in [0, 0.1) is 0 Å². The van der Waals surface area contributed by atoms with Gasteiger partial charge < -0.3 is 4.74 Å². The zero-order valence-corrected chi connectivity index (χ0v) is 8.95.